The first-order valence-corrected chi connectivity index (χ1v) is 11.7. The highest BCUT2D eigenvalue weighted by Gasteiger charge is 2.39. The van der Waals surface area contributed by atoms with Crippen molar-refractivity contribution in [2.75, 3.05) is 25.2 Å². The van der Waals surface area contributed by atoms with Gasteiger partial charge in [0.05, 0.1) is 17.6 Å². The molecule has 1 saturated carbocycles. The number of thioether (sulfide) groups is 2. The minimum atomic E-state index is -0.386. The number of likely N-dealkylation sites (tertiary alicyclic amines) is 1. The number of esters is 1. The average molecular weight is 408 g/mol. The fraction of sp³-hybridized carbons (Fsp3) is 0.600. The molecule has 146 valence electrons. The lowest BCUT2D eigenvalue weighted by Crippen LogP contribution is -2.35. The standard InChI is InChI=1S/C20H25NO4S2/c1-24-17-10-13(20-26-8-9-27-20)6-7-16(17)25-19(23)14-11-18(22)21(12-14)15-4-2-3-5-15/h6-7,10,14-15,20H,2-5,8-9,11-12H2,1H3/t14-/m1/s1. The minimum Gasteiger partial charge on any atom is -0.493 e. The molecule has 1 aromatic carbocycles. The van der Waals surface area contributed by atoms with Gasteiger partial charge in [-0.05, 0) is 30.5 Å². The second-order valence-corrected chi connectivity index (χ2v) is 10.0. The molecule has 5 nitrogen and oxygen atoms in total. The molecule has 1 aliphatic carbocycles. The van der Waals surface area contributed by atoms with Crippen molar-refractivity contribution in [2.45, 2.75) is 42.7 Å². The molecule has 2 aliphatic heterocycles. The molecule has 27 heavy (non-hydrogen) atoms. The second-order valence-electron chi connectivity index (χ2n) is 7.29. The highest BCUT2D eigenvalue weighted by Crippen LogP contribution is 2.47. The molecular weight excluding hydrogens is 382 g/mol. The van der Waals surface area contributed by atoms with E-state index in [1.54, 1.807) is 7.11 Å². The van der Waals surface area contributed by atoms with E-state index in [0.29, 0.717) is 28.7 Å². The van der Waals surface area contributed by atoms with Gasteiger partial charge in [-0.3, -0.25) is 9.59 Å². The summed E-state index contributed by atoms with van der Waals surface area (Å²) in [6.07, 6.45) is 4.71. The zero-order valence-corrected chi connectivity index (χ0v) is 17.2. The fourth-order valence-corrected chi connectivity index (χ4v) is 6.95. The van der Waals surface area contributed by atoms with Crippen LogP contribution < -0.4 is 9.47 Å². The number of carbonyl (C=O) groups excluding carboxylic acids is 2. The molecule has 1 aromatic rings. The van der Waals surface area contributed by atoms with Gasteiger partial charge in [0, 0.05) is 30.5 Å². The summed E-state index contributed by atoms with van der Waals surface area (Å²) in [6, 6.07) is 6.09. The predicted octanol–water partition coefficient (Wildman–Crippen LogP) is 3.87. The second kappa shape index (κ2) is 8.35. The van der Waals surface area contributed by atoms with Crippen molar-refractivity contribution >= 4 is 35.4 Å². The van der Waals surface area contributed by atoms with E-state index in [4.69, 9.17) is 9.47 Å². The van der Waals surface area contributed by atoms with E-state index in [-0.39, 0.29) is 24.2 Å². The number of hydrogen-bond acceptors (Lipinski definition) is 6. The topological polar surface area (TPSA) is 55.8 Å². The number of hydrogen-bond donors (Lipinski definition) is 0. The summed E-state index contributed by atoms with van der Waals surface area (Å²) in [5, 5.41) is 0. The van der Waals surface area contributed by atoms with Crippen LogP contribution in [0, 0.1) is 5.92 Å². The SMILES string of the molecule is COc1cc(C2SCCS2)ccc1OC(=O)[C@@H]1CC(=O)N(C2CCCC2)C1. The fourth-order valence-electron chi connectivity index (χ4n) is 4.12. The van der Waals surface area contributed by atoms with Gasteiger partial charge in [-0.2, -0.15) is 0 Å². The van der Waals surface area contributed by atoms with E-state index in [2.05, 4.69) is 0 Å². The molecule has 2 saturated heterocycles. The van der Waals surface area contributed by atoms with E-state index in [0.717, 1.165) is 24.3 Å². The van der Waals surface area contributed by atoms with Crippen LogP contribution in [0.4, 0.5) is 0 Å². The Balaban J connectivity index is 1.42. The molecule has 7 heteroatoms. The smallest absolute Gasteiger partial charge is 0.316 e. The minimum absolute atomic E-state index is 0.0847. The van der Waals surface area contributed by atoms with Gasteiger partial charge in [0.25, 0.3) is 0 Å². The summed E-state index contributed by atoms with van der Waals surface area (Å²) >= 11 is 3.85. The van der Waals surface area contributed by atoms with Crippen LogP contribution >= 0.6 is 23.5 Å². The highest BCUT2D eigenvalue weighted by molar-refractivity contribution is 8.19. The largest absolute Gasteiger partial charge is 0.493 e. The predicted molar refractivity (Wildman–Crippen MR) is 108 cm³/mol. The third-order valence-corrected chi connectivity index (χ3v) is 8.65. The van der Waals surface area contributed by atoms with Crippen LogP contribution in [0.1, 0.15) is 42.2 Å². The molecule has 0 radical (unpaired) electrons. The lowest BCUT2D eigenvalue weighted by molar-refractivity contribution is -0.139. The van der Waals surface area contributed by atoms with Crippen LogP contribution in [0.3, 0.4) is 0 Å². The third kappa shape index (κ3) is 4.09. The van der Waals surface area contributed by atoms with Crippen molar-refractivity contribution in [3.05, 3.63) is 23.8 Å². The van der Waals surface area contributed by atoms with Gasteiger partial charge in [0.15, 0.2) is 11.5 Å². The Bertz CT molecular complexity index is 714. The van der Waals surface area contributed by atoms with E-state index in [9.17, 15) is 9.59 Å². The van der Waals surface area contributed by atoms with E-state index >= 15 is 0 Å². The maximum atomic E-state index is 12.7. The van der Waals surface area contributed by atoms with E-state index in [1.807, 2.05) is 46.6 Å². The van der Waals surface area contributed by atoms with Crippen molar-refractivity contribution < 1.29 is 19.1 Å². The molecule has 3 fully saturated rings. The van der Waals surface area contributed by atoms with Crippen molar-refractivity contribution in [3.63, 3.8) is 0 Å². The van der Waals surface area contributed by atoms with Crippen LogP contribution in [0.15, 0.2) is 18.2 Å². The number of nitrogens with zero attached hydrogens (tertiary/aromatic N) is 1. The summed E-state index contributed by atoms with van der Waals surface area (Å²) in [5.41, 5.74) is 1.18. The summed E-state index contributed by atoms with van der Waals surface area (Å²) < 4.78 is 11.5. The Hall–Kier alpha value is -1.34. The lowest BCUT2D eigenvalue weighted by Gasteiger charge is -2.23. The van der Waals surface area contributed by atoms with Gasteiger partial charge in [-0.1, -0.05) is 18.9 Å². The summed E-state index contributed by atoms with van der Waals surface area (Å²) in [4.78, 5) is 26.9. The first-order chi connectivity index (χ1) is 13.2. The number of methoxy groups -OCH3 is 1. The first-order valence-electron chi connectivity index (χ1n) is 9.58. The molecule has 1 amide bonds. The van der Waals surface area contributed by atoms with Crippen LogP contribution in [-0.4, -0.2) is 48.0 Å². The van der Waals surface area contributed by atoms with E-state index < -0.39 is 0 Å². The number of ether oxygens (including phenoxy) is 2. The summed E-state index contributed by atoms with van der Waals surface area (Å²) in [5.74, 6) is 2.68. The van der Waals surface area contributed by atoms with Crippen LogP contribution in [0.5, 0.6) is 11.5 Å². The number of amides is 1. The Labute approximate surface area is 168 Å². The quantitative estimate of drug-likeness (QED) is 0.546. The molecule has 0 unspecified atom stereocenters. The molecular formula is C20H25NO4S2. The molecule has 0 N–H and O–H groups in total. The molecule has 0 spiro atoms. The zero-order chi connectivity index (χ0) is 18.8. The molecule has 4 rings (SSSR count). The Morgan fingerprint density at radius 1 is 1.15 bits per heavy atom. The van der Waals surface area contributed by atoms with Gasteiger partial charge in [0.2, 0.25) is 5.91 Å². The third-order valence-electron chi connectivity index (χ3n) is 5.55. The number of benzene rings is 1. The Kier molecular flexibility index (Phi) is 5.88. The normalized spacial score (nSPS) is 24.0. The van der Waals surface area contributed by atoms with Crippen LogP contribution in [-0.2, 0) is 9.59 Å². The van der Waals surface area contributed by atoms with Crippen molar-refractivity contribution in [2.24, 2.45) is 5.92 Å². The first kappa shape index (κ1) is 19.0. The number of rotatable bonds is 5. The van der Waals surface area contributed by atoms with E-state index in [1.165, 1.54) is 18.4 Å². The monoisotopic (exact) mass is 407 g/mol. The molecule has 0 aromatic heterocycles. The van der Waals surface area contributed by atoms with Crippen molar-refractivity contribution in [1.29, 1.82) is 0 Å². The zero-order valence-electron chi connectivity index (χ0n) is 15.5. The van der Waals surface area contributed by atoms with Gasteiger partial charge in [-0.25, -0.2) is 0 Å². The van der Waals surface area contributed by atoms with Crippen molar-refractivity contribution in [3.8, 4) is 11.5 Å². The van der Waals surface area contributed by atoms with Crippen molar-refractivity contribution in [1.82, 2.24) is 4.90 Å². The van der Waals surface area contributed by atoms with Gasteiger partial charge >= 0.3 is 5.97 Å². The molecule has 0 bridgehead atoms. The maximum absolute atomic E-state index is 12.7. The van der Waals surface area contributed by atoms with Gasteiger partial charge < -0.3 is 14.4 Å². The average Bonchev–Trinajstić information content (AvgIpc) is 3.43. The molecule has 3 aliphatic rings. The Morgan fingerprint density at radius 2 is 1.89 bits per heavy atom. The maximum Gasteiger partial charge on any atom is 0.316 e. The summed E-state index contributed by atoms with van der Waals surface area (Å²) in [7, 11) is 1.59. The molecule has 2 heterocycles. The highest BCUT2D eigenvalue weighted by atomic mass is 32.2. The van der Waals surface area contributed by atoms with Gasteiger partial charge in [0.1, 0.15) is 0 Å². The molecule has 1 atom stereocenters. The lowest BCUT2D eigenvalue weighted by atomic mass is 10.1. The van der Waals surface area contributed by atoms with Crippen LogP contribution in [0.2, 0.25) is 0 Å². The Morgan fingerprint density at radius 3 is 2.59 bits per heavy atom. The van der Waals surface area contributed by atoms with Crippen LogP contribution in [0.25, 0.3) is 0 Å². The summed E-state index contributed by atoms with van der Waals surface area (Å²) in [6.45, 7) is 0.484. The number of carbonyl (C=O) groups is 2. The van der Waals surface area contributed by atoms with Gasteiger partial charge in [-0.15, -0.1) is 23.5 Å².